The second-order valence-electron chi connectivity index (χ2n) is 4.18. The van der Waals surface area contributed by atoms with Crippen LogP contribution in [-0.2, 0) is 11.2 Å². The molecule has 0 unspecified atom stereocenters. The van der Waals surface area contributed by atoms with E-state index in [0.29, 0.717) is 23.6 Å². The molecule has 2 aromatic rings. The van der Waals surface area contributed by atoms with Crippen molar-refractivity contribution in [3.63, 3.8) is 0 Å². The van der Waals surface area contributed by atoms with Crippen LogP contribution in [0.2, 0.25) is 5.02 Å². The van der Waals surface area contributed by atoms with Gasteiger partial charge < -0.3 is 10.1 Å². The molecular formula is C15H15ClN2O2. The lowest BCUT2D eigenvalue weighted by molar-refractivity contribution is 0.0601. The van der Waals surface area contributed by atoms with Crippen LogP contribution < -0.4 is 5.32 Å². The van der Waals surface area contributed by atoms with Gasteiger partial charge in [0.15, 0.2) is 0 Å². The van der Waals surface area contributed by atoms with Crippen molar-refractivity contribution >= 4 is 23.3 Å². The topological polar surface area (TPSA) is 51.2 Å². The number of aromatic nitrogens is 1. The predicted octanol–water partition coefficient (Wildman–Crippen LogP) is 3.18. The number of nitrogens with zero attached hydrogens (tertiary/aromatic N) is 1. The molecule has 104 valence electrons. The predicted molar refractivity (Wildman–Crippen MR) is 79.2 cm³/mol. The summed E-state index contributed by atoms with van der Waals surface area (Å²) in [6.07, 6.45) is 2.43. The lowest BCUT2D eigenvalue weighted by atomic mass is 10.2. The molecule has 0 aliphatic rings. The van der Waals surface area contributed by atoms with Gasteiger partial charge in [-0.3, -0.25) is 4.98 Å². The molecule has 0 saturated carbocycles. The molecule has 0 bridgehead atoms. The standard InChI is InChI=1S/C15H15ClN2O2/c1-20-15(19)11-4-2-5-12(10-11)17-9-7-14-13(16)6-3-8-18-14/h2-6,8,10,17H,7,9H2,1H3. The Balaban J connectivity index is 1.94. The number of carbonyl (C=O) groups is 1. The summed E-state index contributed by atoms with van der Waals surface area (Å²) in [5.74, 6) is -0.346. The molecule has 5 heteroatoms. The molecule has 1 aromatic carbocycles. The van der Waals surface area contributed by atoms with Crippen LogP contribution in [0.15, 0.2) is 42.6 Å². The number of benzene rings is 1. The molecule has 1 aromatic heterocycles. The molecule has 0 saturated heterocycles. The lowest BCUT2D eigenvalue weighted by Crippen LogP contribution is -2.08. The number of methoxy groups -OCH3 is 1. The molecule has 0 spiro atoms. The smallest absolute Gasteiger partial charge is 0.337 e. The first kappa shape index (κ1) is 14.3. The van der Waals surface area contributed by atoms with Gasteiger partial charge in [0, 0.05) is 24.8 Å². The Morgan fingerprint density at radius 2 is 2.20 bits per heavy atom. The second-order valence-corrected chi connectivity index (χ2v) is 4.59. The van der Waals surface area contributed by atoms with E-state index in [1.807, 2.05) is 18.2 Å². The first-order chi connectivity index (χ1) is 9.70. The summed E-state index contributed by atoms with van der Waals surface area (Å²) >= 11 is 6.04. The third-order valence-electron chi connectivity index (χ3n) is 2.81. The highest BCUT2D eigenvalue weighted by Crippen LogP contribution is 2.14. The Morgan fingerprint density at radius 3 is 2.95 bits per heavy atom. The van der Waals surface area contributed by atoms with Gasteiger partial charge in [0.1, 0.15) is 0 Å². The molecule has 2 rings (SSSR count). The zero-order valence-electron chi connectivity index (χ0n) is 11.1. The van der Waals surface area contributed by atoms with Crippen molar-refractivity contribution in [2.75, 3.05) is 19.0 Å². The van der Waals surface area contributed by atoms with Crippen molar-refractivity contribution in [2.24, 2.45) is 0 Å². The fraction of sp³-hybridized carbons (Fsp3) is 0.200. The minimum absolute atomic E-state index is 0.346. The third kappa shape index (κ3) is 3.71. The highest BCUT2D eigenvalue weighted by molar-refractivity contribution is 6.31. The fourth-order valence-corrected chi connectivity index (χ4v) is 2.02. The molecule has 0 aliphatic carbocycles. The number of esters is 1. The van der Waals surface area contributed by atoms with Crippen molar-refractivity contribution < 1.29 is 9.53 Å². The number of rotatable bonds is 5. The molecular weight excluding hydrogens is 276 g/mol. The van der Waals surface area contributed by atoms with E-state index >= 15 is 0 Å². The number of nitrogens with one attached hydrogen (secondary N) is 1. The number of halogens is 1. The molecule has 0 radical (unpaired) electrons. The van der Waals surface area contributed by atoms with Crippen LogP contribution in [0.4, 0.5) is 5.69 Å². The molecule has 1 N–H and O–H groups in total. The first-order valence-electron chi connectivity index (χ1n) is 6.22. The summed E-state index contributed by atoms with van der Waals surface area (Å²) in [6.45, 7) is 0.682. The molecule has 0 amide bonds. The van der Waals surface area contributed by atoms with Crippen molar-refractivity contribution in [1.82, 2.24) is 4.98 Å². The monoisotopic (exact) mass is 290 g/mol. The van der Waals surface area contributed by atoms with Crippen molar-refractivity contribution in [2.45, 2.75) is 6.42 Å². The van der Waals surface area contributed by atoms with E-state index < -0.39 is 0 Å². The minimum Gasteiger partial charge on any atom is -0.465 e. The zero-order chi connectivity index (χ0) is 14.4. The van der Waals surface area contributed by atoms with E-state index in [2.05, 4.69) is 15.0 Å². The van der Waals surface area contributed by atoms with Gasteiger partial charge in [0.05, 0.1) is 23.4 Å². The van der Waals surface area contributed by atoms with Gasteiger partial charge in [-0.25, -0.2) is 4.79 Å². The van der Waals surface area contributed by atoms with E-state index in [0.717, 1.165) is 11.4 Å². The molecule has 0 fully saturated rings. The average Bonchev–Trinajstić information content (AvgIpc) is 2.49. The SMILES string of the molecule is COC(=O)c1cccc(NCCc2ncccc2Cl)c1. The number of hydrogen-bond acceptors (Lipinski definition) is 4. The summed E-state index contributed by atoms with van der Waals surface area (Å²) < 4.78 is 4.69. The molecule has 20 heavy (non-hydrogen) atoms. The minimum atomic E-state index is -0.346. The van der Waals surface area contributed by atoms with E-state index in [4.69, 9.17) is 11.6 Å². The van der Waals surface area contributed by atoms with Gasteiger partial charge >= 0.3 is 5.97 Å². The van der Waals surface area contributed by atoms with Crippen molar-refractivity contribution in [3.8, 4) is 0 Å². The zero-order valence-corrected chi connectivity index (χ0v) is 11.9. The summed E-state index contributed by atoms with van der Waals surface area (Å²) in [7, 11) is 1.37. The number of hydrogen-bond donors (Lipinski definition) is 1. The summed E-state index contributed by atoms with van der Waals surface area (Å²) in [5.41, 5.74) is 2.24. The molecule has 4 nitrogen and oxygen atoms in total. The fourth-order valence-electron chi connectivity index (χ4n) is 1.80. The molecule has 0 aliphatic heterocycles. The van der Waals surface area contributed by atoms with Crippen molar-refractivity contribution in [3.05, 3.63) is 58.9 Å². The second kappa shape index (κ2) is 6.91. The van der Waals surface area contributed by atoms with E-state index in [1.54, 1.807) is 24.4 Å². The number of anilines is 1. The van der Waals surface area contributed by atoms with Crippen LogP contribution in [0.1, 0.15) is 16.1 Å². The van der Waals surface area contributed by atoms with Gasteiger partial charge in [-0.1, -0.05) is 17.7 Å². The van der Waals surface area contributed by atoms with Crippen LogP contribution in [0.25, 0.3) is 0 Å². The Morgan fingerprint density at radius 1 is 1.35 bits per heavy atom. The van der Waals surface area contributed by atoms with Gasteiger partial charge in [0.2, 0.25) is 0 Å². The van der Waals surface area contributed by atoms with Gasteiger partial charge in [-0.2, -0.15) is 0 Å². The summed E-state index contributed by atoms with van der Waals surface area (Å²) in [6, 6.07) is 10.8. The maximum absolute atomic E-state index is 11.4. The van der Waals surface area contributed by atoms with E-state index in [-0.39, 0.29) is 5.97 Å². The number of carbonyl (C=O) groups excluding carboxylic acids is 1. The van der Waals surface area contributed by atoms with Gasteiger partial charge in [-0.05, 0) is 30.3 Å². The van der Waals surface area contributed by atoms with Crippen molar-refractivity contribution in [1.29, 1.82) is 0 Å². The van der Waals surface area contributed by atoms with Crippen LogP contribution in [0.3, 0.4) is 0 Å². The highest BCUT2D eigenvalue weighted by Gasteiger charge is 2.05. The third-order valence-corrected chi connectivity index (χ3v) is 3.15. The average molecular weight is 291 g/mol. The Kier molecular flexibility index (Phi) is 4.96. The van der Waals surface area contributed by atoms with Crippen LogP contribution in [0, 0.1) is 0 Å². The first-order valence-corrected chi connectivity index (χ1v) is 6.60. The highest BCUT2D eigenvalue weighted by atomic mass is 35.5. The Hall–Kier alpha value is -2.07. The van der Waals surface area contributed by atoms with Crippen LogP contribution in [-0.4, -0.2) is 24.6 Å². The number of ether oxygens (including phenoxy) is 1. The van der Waals surface area contributed by atoms with Crippen LogP contribution >= 0.6 is 11.6 Å². The Bertz CT molecular complexity index is 602. The Labute approximate surface area is 122 Å². The molecule has 0 atom stereocenters. The van der Waals surface area contributed by atoms with E-state index in [9.17, 15) is 4.79 Å². The van der Waals surface area contributed by atoms with Crippen LogP contribution in [0.5, 0.6) is 0 Å². The molecule has 1 heterocycles. The van der Waals surface area contributed by atoms with E-state index in [1.165, 1.54) is 7.11 Å². The number of pyridine rings is 1. The largest absolute Gasteiger partial charge is 0.465 e. The lowest BCUT2D eigenvalue weighted by Gasteiger charge is -2.08. The maximum atomic E-state index is 11.4. The van der Waals surface area contributed by atoms with Gasteiger partial charge in [-0.15, -0.1) is 0 Å². The van der Waals surface area contributed by atoms with Gasteiger partial charge in [0.25, 0.3) is 0 Å². The summed E-state index contributed by atoms with van der Waals surface area (Å²) in [5, 5.41) is 3.90. The normalized spacial score (nSPS) is 10.1. The summed E-state index contributed by atoms with van der Waals surface area (Å²) in [4.78, 5) is 15.7. The quantitative estimate of drug-likeness (QED) is 0.859. The maximum Gasteiger partial charge on any atom is 0.337 e.